The third-order valence-corrected chi connectivity index (χ3v) is 7.54. The Morgan fingerprint density at radius 1 is 1.14 bits per heavy atom. The largest absolute Gasteiger partial charge is 0.339 e. The molecule has 0 spiro atoms. The van der Waals surface area contributed by atoms with Crippen molar-refractivity contribution in [3.05, 3.63) is 29.3 Å². The van der Waals surface area contributed by atoms with Crippen molar-refractivity contribution in [2.45, 2.75) is 30.2 Å². The summed E-state index contributed by atoms with van der Waals surface area (Å²) in [6.07, 6.45) is 4.23. The number of nitrogens with zero attached hydrogens (tertiary/aromatic N) is 2. The normalized spacial score (nSPS) is 18.6. The van der Waals surface area contributed by atoms with E-state index in [1.807, 2.05) is 11.2 Å². The monoisotopic (exact) mass is 459 g/mol. The fourth-order valence-electron chi connectivity index (χ4n) is 3.29. The molecule has 1 N–H and O–H groups in total. The third-order valence-electron chi connectivity index (χ3n) is 5.16. The molecular weight excluding hydrogens is 434 g/mol. The predicted octanol–water partition coefficient (Wildman–Crippen LogP) is 1.82. The number of sulfonamides is 1. The average Bonchev–Trinajstić information content (AvgIpc) is 3.56. The van der Waals surface area contributed by atoms with Gasteiger partial charge in [0.25, 0.3) is 0 Å². The van der Waals surface area contributed by atoms with E-state index in [1.165, 1.54) is 24.3 Å². The van der Waals surface area contributed by atoms with Gasteiger partial charge in [-0.15, -0.1) is 0 Å². The first kappa shape index (κ1) is 22.4. The van der Waals surface area contributed by atoms with E-state index in [1.54, 1.807) is 16.7 Å². The van der Waals surface area contributed by atoms with Crippen molar-refractivity contribution in [3.8, 4) is 0 Å². The van der Waals surface area contributed by atoms with E-state index in [4.69, 9.17) is 11.6 Å². The van der Waals surface area contributed by atoms with Gasteiger partial charge < -0.3 is 9.80 Å². The van der Waals surface area contributed by atoms with Crippen molar-refractivity contribution in [1.82, 2.24) is 14.5 Å². The maximum absolute atomic E-state index is 13.1. The van der Waals surface area contributed by atoms with Gasteiger partial charge in [-0.3, -0.25) is 9.59 Å². The van der Waals surface area contributed by atoms with Gasteiger partial charge in [-0.25, -0.2) is 8.42 Å². The molecule has 1 saturated carbocycles. The fraction of sp³-hybridized carbons (Fsp3) is 0.579. The molecule has 2 aliphatic rings. The number of hydrogen-bond acceptors (Lipinski definition) is 5. The third kappa shape index (κ3) is 5.87. The standard InChI is InChI=1S/C19H26ClN3O4S2/c1-28-13-8-17(21-29(26,27)16-6-4-15(20)5-7-16)19(25)23-11-9-22(10-12-23)18(24)14-2-3-14/h4-7,14,17,21H,2-3,8-13H2,1H3. The van der Waals surface area contributed by atoms with Crippen molar-refractivity contribution >= 4 is 45.2 Å². The molecule has 2 amide bonds. The van der Waals surface area contributed by atoms with Crippen LogP contribution in [0.5, 0.6) is 0 Å². The van der Waals surface area contributed by atoms with Gasteiger partial charge in [0.1, 0.15) is 6.04 Å². The van der Waals surface area contributed by atoms with E-state index < -0.39 is 16.1 Å². The number of hydrogen-bond donors (Lipinski definition) is 1. The molecule has 0 aromatic heterocycles. The zero-order valence-corrected chi connectivity index (χ0v) is 18.7. The second kappa shape index (κ2) is 9.68. The van der Waals surface area contributed by atoms with Crippen LogP contribution in [0.4, 0.5) is 0 Å². The Morgan fingerprint density at radius 2 is 1.72 bits per heavy atom. The lowest BCUT2D eigenvalue weighted by molar-refractivity contribution is -0.141. The van der Waals surface area contributed by atoms with Crippen molar-refractivity contribution in [2.75, 3.05) is 38.2 Å². The Morgan fingerprint density at radius 3 is 2.28 bits per heavy atom. The summed E-state index contributed by atoms with van der Waals surface area (Å²) in [7, 11) is -3.85. The molecule has 1 aliphatic heterocycles. The van der Waals surface area contributed by atoms with E-state index in [0.29, 0.717) is 43.4 Å². The first-order valence-corrected chi connectivity index (χ1v) is 12.9. The minimum Gasteiger partial charge on any atom is -0.339 e. The number of carbonyl (C=O) groups excluding carboxylic acids is 2. The Kier molecular flexibility index (Phi) is 7.47. The summed E-state index contributed by atoms with van der Waals surface area (Å²) in [5.74, 6) is 0.756. The number of carbonyl (C=O) groups is 2. The molecule has 0 radical (unpaired) electrons. The molecule has 1 atom stereocenters. The van der Waals surface area contributed by atoms with Gasteiger partial charge in [0, 0.05) is 37.1 Å². The smallest absolute Gasteiger partial charge is 0.241 e. The van der Waals surface area contributed by atoms with Gasteiger partial charge in [-0.05, 0) is 55.5 Å². The van der Waals surface area contributed by atoms with Crippen LogP contribution in [0.1, 0.15) is 19.3 Å². The van der Waals surface area contributed by atoms with Crippen LogP contribution in [0.15, 0.2) is 29.2 Å². The number of benzene rings is 1. The Bertz CT molecular complexity index is 836. The van der Waals surface area contributed by atoms with Gasteiger partial charge in [0.05, 0.1) is 4.90 Å². The lowest BCUT2D eigenvalue weighted by Crippen LogP contribution is -2.56. The van der Waals surface area contributed by atoms with Gasteiger partial charge >= 0.3 is 0 Å². The minimum absolute atomic E-state index is 0.0729. The van der Waals surface area contributed by atoms with E-state index in [0.717, 1.165) is 12.8 Å². The molecule has 1 aromatic carbocycles. The highest BCUT2D eigenvalue weighted by Gasteiger charge is 2.36. The summed E-state index contributed by atoms with van der Waals surface area (Å²) in [6.45, 7) is 1.85. The zero-order chi connectivity index (χ0) is 21.0. The maximum Gasteiger partial charge on any atom is 0.241 e. The van der Waals surface area contributed by atoms with Crippen LogP contribution in [0, 0.1) is 5.92 Å². The lowest BCUT2D eigenvalue weighted by Gasteiger charge is -2.36. The van der Waals surface area contributed by atoms with E-state index >= 15 is 0 Å². The van der Waals surface area contributed by atoms with Crippen molar-refractivity contribution in [1.29, 1.82) is 0 Å². The summed E-state index contributed by atoms with van der Waals surface area (Å²) >= 11 is 7.39. The number of halogens is 1. The van der Waals surface area contributed by atoms with E-state index in [2.05, 4.69) is 4.72 Å². The topological polar surface area (TPSA) is 86.8 Å². The predicted molar refractivity (Wildman–Crippen MR) is 114 cm³/mol. The second-order valence-corrected chi connectivity index (χ2v) is 10.5. The number of rotatable bonds is 8. The van der Waals surface area contributed by atoms with Crippen molar-refractivity contribution < 1.29 is 18.0 Å². The summed E-state index contributed by atoms with van der Waals surface area (Å²) in [4.78, 5) is 28.8. The fourth-order valence-corrected chi connectivity index (χ4v) is 5.11. The highest BCUT2D eigenvalue weighted by Crippen LogP contribution is 2.31. The number of piperazine rings is 1. The second-order valence-electron chi connectivity index (χ2n) is 7.33. The van der Waals surface area contributed by atoms with E-state index in [9.17, 15) is 18.0 Å². The zero-order valence-electron chi connectivity index (χ0n) is 16.3. The van der Waals surface area contributed by atoms with Gasteiger partial charge in [-0.1, -0.05) is 11.6 Å². The molecule has 1 saturated heterocycles. The van der Waals surface area contributed by atoms with Crippen LogP contribution in [0.3, 0.4) is 0 Å². The van der Waals surface area contributed by atoms with Crippen molar-refractivity contribution in [3.63, 3.8) is 0 Å². The Hall–Kier alpha value is -1.29. The van der Waals surface area contributed by atoms with Crippen LogP contribution in [0.25, 0.3) is 0 Å². The molecule has 7 nitrogen and oxygen atoms in total. The average molecular weight is 460 g/mol. The first-order valence-electron chi connectivity index (χ1n) is 9.66. The highest BCUT2D eigenvalue weighted by atomic mass is 35.5. The van der Waals surface area contributed by atoms with Gasteiger partial charge in [-0.2, -0.15) is 16.5 Å². The van der Waals surface area contributed by atoms with Crippen LogP contribution in [-0.4, -0.2) is 74.3 Å². The maximum atomic E-state index is 13.1. The first-order chi connectivity index (χ1) is 13.8. The van der Waals surface area contributed by atoms with Gasteiger partial charge in [0.2, 0.25) is 21.8 Å². The Labute approximate surface area is 181 Å². The summed E-state index contributed by atoms with van der Waals surface area (Å²) < 4.78 is 28.1. The van der Waals surface area contributed by atoms with Crippen LogP contribution < -0.4 is 4.72 Å². The molecule has 2 fully saturated rings. The minimum atomic E-state index is -3.85. The molecule has 10 heteroatoms. The number of nitrogens with one attached hydrogen (secondary N) is 1. The highest BCUT2D eigenvalue weighted by molar-refractivity contribution is 7.98. The van der Waals surface area contributed by atoms with Crippen LogP contribution in [-0.2, 0) is 19.6 Å². The molecule has 1 unspecified atom stereocenters. The van der Waals surface area contributed by atoms with Crippen molar-refractivity contribution in [2.24, 2.45) is 5.92 Å². The van der Waals surface area contributed by atoms with Crippen LogP contribution in [0.2, 0.25) is 5.02 Å². The van der Waals surface area contributed by atoms with Gasteiger partial charge in [0.15, 0.2) is 0 Å². The summed E-state index contributed by atoms with van der Waals surface area (Å²) in [5.41, 5.74) is 0. The molecule has 29 heavy (non-hydrogen) atoms. The SMILES string of the molecule is CSCCC(NS(=O)(=O)c1ccc(Cl)cc1)C(=O)N1CCN(C(=O)C2CC2)CC1. The molecule has 0 bridgehead atoms. The van der Waals surface area contributed by atoms with E-state index in [-0.39, 0.29) is 22.6 Å². The Balaban J connectivity index is 1.65. The molecule has 3 rings (SSSR count). The quantitative estimate of drug-likeness (QED) is 0.640. The summed E-state index contributed by atoms with van der Waals surface area (Å²) in [6, 6.07) is 5.01. The molecular formula is C19H26ClN3O4S2. The molecule has 1 heterocycles. The molecule has 1 aliphatic carbocycles. The number of thioether (sulfide) groups is 1. The molecule has 160 valence electrons. The number of amides is 2. The summed E-state index contributed by atoms with van der Waals surface area (Å²) in [5, 5.41) is 0.442. The van der Waals surface area contributed by atoms with Crippen LogP contribution >= 0.6 is 23.4 Å². The lowest BCUT2D eigenvalue weighted by atomic mass is 10.2. The molecule has 1 aromatic rings.